The molecule has 13 heterocycles. The summed E-state index contributed by atoms with van der Waals surface area (Å²) in [5, 5.41) is 47.0. The third-order valence-corrected chi connectivity index (χ3v) is 32.5. The van der Waals surface area contributed by atoms with Gasteiger partial charge in [0.05, 0.1) is 108 Å². The first kappa shape index (κ1) is 108. The fourth-order valence-corrected chi connectivity index (χ4v) is 23.9. The van der Waals surface area contributed by atoms with Crippen LogP contribution in [0.2, 0.25) is 38.8 Å². The van der Waals surface area contributed by atoms with Crippen molar-refractivity contribution in [2.75, 3.05) is 152 Å². The Kier molecular flexibility index (Phi) is 34.5. The maximum atomic E-state index is 11.9. The second-order valence-electron chi connectivity index (χ2n) is 39.8. The lowest BCUT2D eigenvalue weighted by Crippen LogP contribution is -2.52. The first-order chi connectivity index (χ1) is 71.2. The highest BCUT2D eigenvalue weighted by Gasteiger charge is 2.44. The summed E-state index contributed by atoms with van der Waals surface area (Å²) in [5.74, 6) is 0.0509. The smallest absolute Gasteiger partial charge is 0.376 e. The Bertz CT molecular complexity index is 6790. The number of aromatic nitrogens is 11. The zero-order valence-corrected chi connectivity index (χ0v) is 92.1. The number of imidazole rings is 3. The van der Waals surface area contributed by atoms with Crippen LogP contribution in [0.15, 0.2) is 220 Å². The summed E-state index contributed by atoms with van der Waals surface area (Å²) in [5.41, 5.74) is 23.2. The molecule has 23 rings (SSSR count). The van der Waals surface area contributed by atoms with E-state index in [0.717, 1.165) is 262 Å². The van der Waals surface area contributed by atoms with Crippen molar-refractivity contribution >= 4 is 166 Å². The highest BCUT2D eigenvalue weighted by molar-refractivity contribution is 9.15. The number of benzene rings is 5. The number of aliphatic hydroxyl groups is 2. The number of halogens is 7. The summed E-state index contributed by atoms with van der Waals surface area (Å²) < 4.78 is 7.46. The van der Waals surface area contributed by atoms with Crippen LogP contribution in [0.4, 0.5) is 0 Å². The number of pyridine rings is 5. The van der Waals surface area contributed by atoms with E-state index in [1.54, 1.807) is 49.2 Å². The molecule has 6 unspecified atom stereocenters. The number of likely N-dealkylation sites (N-methyl/N-ethyl adjacent to an activating group) is 3. The van der Waals surface area contributed by atoms with Gasteiger partial charge >= 0.3 is 14.1 Å². The van der Waals surface area contributed by atoms with Crippen LogP contribution >= 0.6 is 89.9 Å². The van der Waals surface area contributed by atoms with Crippen molar-refractivity contribution < 1.29 is 25.1 Å². The molecule has 5 aromatic carbocycles. The number of hydrogen-bond donors (Lipinski definition) is 4. The van der Waals surface area contributed by atoms with E-state index >= 15 is 0 Å². The van der Waals surface area contributed by atoms with Crippen molar-refractivity contribution in [1.29, 1.82) is 0 Å². The standard InChI is InChI=1S/2C25H28ClN5O.2C19H20BBrClN3O.C19H20ClN3.C6H8N2O/c2*1-25(32,22-15-27-16-30(22)3)21-13-17-5-4-8-28-23(17)24(31-11-9-29(2)10-12-31)19-7-6-18(26)14-20(19)21;2*1-20(26)25-9-7-24(8-10-25)19-15-5-4-14(22)12-16(15)17(21)11-13-3-2-6-23-18(13)19;1-22-9-11-23(12-10-22)19-17-7-6-16(20)13-15(17)5-4-14-3-2-8-21-18(14)19;1-5(9)6-3-7-4-8(6)2/h2*4-8,13-16,24,32H,9-12H2,1-3H3;2*2-6,11-12,19,26H,7-10H2,1H3;2-8,13,19H,9-12H2,1H3;3-4H,1-2H3/t24?,25-;;;;;/m1...../s1. The minimum Gasteiger partial charge on any atom is -0.437 e. The van der Waals surface area contributed by atoms with E-state index in [-0.39, 0.29) is 36.0 Å². The SMILES string of the molecule is CB(O)N1CCN(C2c3ccc(Cl)cc3C(Br)=Cc3cccnc32)CC1.CB(O)N1CCN(C2c3ccc(Cl)cc3C(Br)=Cc3cccnc32)CC1.CC(=O)c1cncn1C.CN1CCN(C2c3ccc(Cl)cc3C(C(C)(O)c3cncn3C)=Cc3cccnc32)CC1.CN1CCN(C2c3ccc(Cl)cc3C([C@@](C)(O)c3cncn3C)=Cc3cccnc32)CC1.CN1CCN(C2c3ccc(Cl)cc3C=Cc3cccnc32)CC1. The van der Waals surface area contributed by atoms with Gasteiger partial charge < -0.3 is 58.3 Å². The Balaban J connectivity index is 0.000000119. The molecule has 5 fully saturated rings. The fraction of sp³-hybridized carbons (Fsp3) is 0.336. The molecule has 8 aromatic heterocycles. The molecule has 10 aliphatic rings. The van der Waals surface area contributed by atoms with Crippen molar-refractivity contribution in [2.45, 2.75) is 75.8 Å². The normalized spacial score (nSPS) is 20.4. The quantitative estimate of drug-likeness (QED) is 0.0655. The van der Waals surface area contributed by atoms with Crippen LogP contribution in [0.25, 0.3) is 56.6 Å². The number of Topliss-reactive ketones (excluding diaryl/α,β-unsaturated/α-hetero) is 1. The van der Waals surface area contributed by atoms with Gasteiger partial charge in [0.15, 0.2) is 5.78 Å². The lowest BCUT2D eigenvalue weighted by Gasteiger charge is -2.40. The summed E-state index contributed by atoms with van der Waals surface area (Å²) in [7, 11) is 11.3. The molecule has 13 aromatic rings. The predicted molar refractivity (Wildman–Crippen MR) is 606 cm³/mol. The van der Waals surface area contributed by atoms with Crippen LogP contribution in [0.3, 0.4) is 0 Å². The second kappa shape index (κ2) is 47.4. The Morgan fingerprint density at radius 2 is 0.615 bits per heavy atom. The molecule has 0 bridgehead atoms. The van der Waals surface area contributed by atoms with Crippen LogP contribution in [0, 0.1) is 0 Å². The molecule has 0 saturated carbocycles. The van der Waals surface area contributed by atoms with E-state index in [1.165, 1.54) is 34.7 Å². The van der Waals surface area contributed by atoms with E-state index in [2.05, 4.69) is 220 Å². The molecule has 4 N–H and O–H groups in total. The van der Waals surface area contributed by atoms with Crippen molar-refractivity contribution in [2.24, 2.45) is 21.1 Å². The van der Waals surface area contributed by atoms with Crippen LogP contribution in [-0.4, -0.2) is 295 Å². The van der Waals surface area contributed by atoms with E-state index in [9.17, 15) is 25.1 Å². The zero-order chi connectivity index (χ0) is 104. The lowest BCUT2D eigenvalue weighted by molar-refractivity contribution is 0.100. The van der Waals surface area contributed by atoms with Gasteiger partial charge in [0.2, 0.25) is 0 Å². The number of ketones is 1. The van der Waals surface area contributed by atoms with Crippen LogP contribution in [0.1, 0.15) is 185 Å². The Labute approximate surface area is 909 Å². The van der Waals surface area contributed by atoms with Gasteiger partial charge in [0.25, 0.3) is 0 Å². The first-order valence-corrected chi connectivity index (χ1v) is 53.8. The summed E-state index contributed by atoms with van der Waals surface area (Å²) in [6, 6.07) is 51.1. The summed E-state index contributed by atoms with van der Waals surface area (Å²) in [6.45, 7) is 27.9. The van der Waals surface area contributed by atoms with Gasteiger partial charge in [-0.25, -0.2) is 15.0 Å². The molecule has 5 aliphatic carbocycles. The van der Waals surface area contributed by atoms with E-state index in [1.807, 2.05) is 167 Å². The Hall–Kier alpha value is -10.2. The van der Waals surface area contributed by atoms with Crippen LogP contribution < -0.4 is 0 Å². The number of nitrogens with zero attached hydrogens (tertiary/aromatic N) is 21. The van der Waals surface area contributed by atoms with Gasteiger partial charge in [-0.2, -0.15) is 0 Å². The number of fused-ring (bicyclic) bond motifs is 10. The molecule has 5 saturated heterocycles. The van der Waals surface area contributed by atoms with Gasteiger partial charge in [-0.3, -0.25) is 54.2 Å². The van der Waals surface area contributed by atoms with Gasteiger partial charge in [0.1, 0.15) is 16.9 Å². The summed E-state index contributed by atoms with van der Waals surface area (Å²) >= 11 is 39.3. The molecule has 0 radical (unpaired) electrons. The van der Waals surface area contributed by atoms with E-state index in [4.69, 9.17) is 82.9 Å². The largest absolute Gasteiger partial charge is 0.437 e. The Morgan fingerprint density at radius 3 is 0.919 bits per heavy atom. The highest BCUT2D eigenvalue weighted by Crippen LogP contribution is 2.52. The van der Waals surface area contributed by atoms with Crippen molar-refractivity contribution in [3.8, 4) is 0 Å². The second-order valence-corrected chi connectivity index (χ2v) is 43.7. The number of piperazine rings is 5. The molecule has 26 nitrogen and oxygen atoms in total. The van der Waals surface area contributed by atoms with Crippen LogP contribution in [-0.2, 0) is 32.3 Å². The van der Waals surface area contributed by atoms with E-state index in [0.29, 0.717) is 15.7 Å². The molecular weight excluding hydrogens is 2090 g/mol. The minimum atomic E-state index is -1.27. The third-order valence-electron chi connectivity index (χ3n) is 30.0. The molecule has 7 atom stereocenters. The highest BCUT2D eigenvalue weighted by atomic mass is 79.9. The van der Waals surface area contributed by atoms with Crippen LogP contribution in [0.5, 0.6) is 0 Å². The lowest BCUT2D eigenvalue weighted by atomic mass is 9.84. The average Bonchev–Trinajstić information content (AvgIpc) is 1.61. The zero-order valence-electron chi connectivity index (χ0n) is 85.2. The van der Waals surface area contributed by atoms with Gasteiger partial charge in [-0.15, -0.1) is 0 Å². The first-order valence-electron chi connectivity index (χ1n) is 50.3. The molecular formula is C113H124B2Br2Cl5N21O5. The maximum absolute atomic E-state index is 11.9. The number of hydrogen-bond acceptors (Lipinski definition) is 23. The van der Waals surface area contributed by atoms with Gasteiger partial charge in [0, 0.05) is 224 Å². The van der Waals surface area contributed by atoms with Gasteiger partial charge in [-0.05, 0) is 259 Å². The fourth-order valence-electron chi connectivity index (χ4n) is 21.9. The number of carbonyl (C=O) groups is 1. The molecule has 0 spiro atoms. The summed E-state index contributed by atoms with van der Waals surface area (Å²) in [6.07, 6.45) is 32.1. The molecule has 148 heavy (non-hydrogen) atoms. The molecule has 0 amide bonds. The molecule has 5 aliphatic heterocycles. The topological polar surface area (TPSA) is 248 Å². The van der Waals surface area contributed by atoms with Crippen molar-refractivity contribution in [3.05, 3.63) is 374 Å². The third kappa shape index (κ3) is 23.7. The molecule has 766 valence electrons. The average molecular weight is 2220 g/mol. The maximum Gasteiger partial charge on any atom is 0.376 e. The Morgan fingerprint density at radius 1 is 0.345 bits per heavy atom. The number of aryl methyl sites for hydroxylation is 3. The molecule has 35 heteroatoms. The summed E-state index contributed by atoms with van der Waals surface area (Å²) in [4.78, 5) is 70.6. The monoisotopic (exact) mass is 2210 g/mol. The number of rotatable bonds is 12. The van der Waals surface area contributed by atoms with Crippen molar-refractivity contribution in [1.82, 2.24) is 102 Å². The number of carbonyl (C=O) groups excluding carboxylic acids is 1. The minimum absolute atomic E-state index is 0.0109. The van der Waals surface area contributed by atoms with Crippen molar-refractivity contribution in [3.63, 3.8) is 0 Å². The van der Waals surface area contributed by atoms with E-state index < -0.39 is 25.3 Å². The van der Waals surface area contributed by atoms with Gasteiger partial charge in [-0.1, -0.05) is 163 Å². The predicted octanol–water partition coefficient (Wildman–Crippen LogP) is 18.8.